The van der Waals surface area contributed by atoms with Crippen LogP contribution in [0.3, 0.4) is 0 Å². The van der Waals surface area contributed by atoms with Crippen molar-refractivity contribution < 1.29 is 19.1 Å². The second-order valence-electron chi connectivity index (χ2n) is 4.15. The molecule has 0 saturated carbocycles. The maximum Gasteiger partial charge on any atom is 0.317 e. The summed E-state index contributed by atoms with van der Waals surface area (Å²) in [6.45, 7) is 2.57. The summed E-state index contributed by atoms with van der Waals surface area (Å²) >= 11 is 0. The molecular weight excluding hydrogens is 250 g/mol. The van der Waals surface area contributed by atoms with Gasteiger partial charge < -0.3 is 19.7 Å². The van der Waals surface area contributed by atoms with Crippen LogP contribution in [0.4, 0.5) is 4.79 Å². The Morgan fingerprint density at radius 2 is 2.26 bits per heavy atom. The Morgan fingerprint density at radius 1 is 1.53 bits per heavy atom. The van der Waals surface area contributed by atoms with Crippen LogP contribution in [0.1, 0.15) is 31.4 Å². The van der Waals surface area contributed by atoms with Crippen LogP contribution in [0.5, 0.6) is 0 Å². The Hall–Kier alpha value is -2.05. The fourth-order valence-corrected chi connectivity index (χ4v) is 1.45. The lowest BCUT2D eigenvalue weighted by atomic mass is 10.3. The smallest absolute Gasteiger partial charge is 0.317 e. The number of nitrogens with zero attached hydrogens (tertiary/aromatic N) is 2. The molecule has 0 fully saturated rings. The number of hydrogen-bond donors (Lipinski definition) is 2. The van der Waals surface area contributed by atoms with Gasteiger partial charge in [-0.05, 0) is 6.42 Å². The molecule has 0 atom stereocenters. The van der Waals surface area contributed by atoms with Crippen molar-refractivity contribution in [3.05, 3.63) is 17.8 Å². The first-order valence-corrected chi connectivity index (χ1v) is 6.17. The molecule has 106 valence electrons. The quantitative estimate of drug-likeness (QED) is 0.776. The number of amides is 2. The van der Waals surface area contributed by atoms with E-state index < -0.39 is 5.97 Å². The number of aryl methyl sites for hydroxylation is 1. The summed E-state index contributed by atoms with van der Waals surface area (Å²) in [7, 11) is 1.62. The number of carbonyl (C=O) groups excluding carboxylic acids is 1. The maximum atomic E-state index is 11.7. The van der Waals surface area contributed by atoms with E-state index in [9.17, 15) is 9.59 Å². The number of oxazole rings is 1. The highest BCUT2D eigenvalue weighted by molar-refractivity contribution is 5.73. The molecule has 0 aliphatic carbocycles. The summed E-state index contributed by atoms with van der Waals surface area (Å²) in [5, 5.41) is 11.2. The first-order valence-electron chi connectivity index (χ1n) is 6.17. The van der Waals surface area contributed by atoms with E-state index in [-0.39, 0.29) is 19.0 Å². The molecule has 0 bridgehead atoms. The molecule has 2 N–H and O–H groups in total. The number of hydrogen-bond acceptors (Lipinski definition) is 4. The van der Waals surface area contributed by atoms with E-state index in [1.807, 2.05) is 6.92 Å². The zero-order valence-corrected chi connectivity index (χ0v) is 11.2. The second-order valence-corrected chi connectivity index (χ2v) is 4.15. The van der Waals surface area contributed by atoms with Gasteiger partial charge in [-0.3, -0.25) is 4.79 Å². The molecule has 0 aliphatic heterocycles. The summed E-state index contributed by atoms with van der Waals surface area (Å²) in [6.07, 6.45) is 2.88. The average Bonchev–Trinajstić information content (AvgIpc) is 2.83. The van der Waals surface area contributed by atoms with Gasteiger partial charge in [-0.25, -0.2) is 9.78 Å². The van der Waals surface area contributed by atoms with Crippen molar-refractivity contribution in [2.75, 3.05) is 13.6 Å². The molecule has 7 heteroatoms. The second kappa shape index (κ2) is 7.40. The van der Waals surface area contributed by atoms with Crippen LogP contribution in [0.15, 0.2) is 10.6 Å². The van der Waals surface area contributed by atoms with E-state index in [1.165, 1.54) is 4.90 Å². The summed E-state index contributed by atoms with van der Waals surface area (Å²) in [5.74, 6) is 0.379. The molecule has 0 aromatic carbocycles. The van der Waals surface area contributed by atoms with Crippen LogP contribution in [0.2, 0.25) is 0 Å². The minimum Gasteiger partial charge on any atom is -0.481 e. The zero-order chi connectivity index (χ0) is 14.3. The van der Waals surface area contributed by atoms with E-state index in [4.69, 9.17) is 9.52 Å². The molecule has 2 amide bonds. The lowest BCUT2D eigenvalue weighted by molar-refractivity contribution is -0.137. The van der Waals surface area contributed by atoms with E-state index >= 15 is 0 Å². The van der Waals surface area contributed by atoms with Crippen molar-refractivity contribution in [3.8, 4) is 0 Å². The van der Waals surface area contributed by atoms with E-state index in [0.717, 1.165) is 12.2 Å². The highest BCUT2D eigenvalue weighted by atomic mass is 16.4. The molecule has 1 heterocycles. The molecule has 19 heavy (non-hydrogen) atoms. The van der Waals surface area contributed by atoms with Crippen LogP contribution < -0.4 is 5.32 Å². The van der Waals surface area contributed by atoms with Crippen molar-refractivity contribution in [2.45, 2.75) is 32.7 Å². The number of nitrogens with one attached hydrogen (secondary N) is 1. The van der Waals surface area contributed by atoms with Crippen molar-refractivity contribution in [1.29, 1.82) is 0 Å². The molecule has 0 unspecified atom stereocenters. The van der Waals surface area contributed by atoms with Crippen molar-refractivity contribution in [2.24, 2.45) is 0 Å². The Kier molecular flexibility index (Phi) is 5.84. The summed E-state index contributed by atoms with van der Waals surface area (Å²) < 4.78 is 5.35. The first kappa shape index (κ1) is 15.0. The Bertz CT molecular complexity index is 430. The van der Waals surface area contributed by atoms with Gasteiger partial charge in [0.25, 0.3) is 0 Å². The highest BCUT2D eigenvalue weighted by Gasteiger charge is 2.10. The number of urea groups is 1. The van der Waals surface area contributed by atoms with Gasteiger partial charge in [-0.2, -0.15) is 0 Å². The van der Waals surface area contributed by atoms with Crippen LogP contribution in [0, 0.1) is 0 Å². The molecule has 0 spiro atoms. The van der Waals surface area contributed by atoms with E-state index in [1.54, 1.807) is 13.2 Å². The fourth-order valence-electron chi connectivity index (χ4n) is 1.45. The van der Waals surface area contributed by atoms with Crippen molar-refractivity contribution in [3.63, 3.8) is 0 Å². The van der Waals surface area contributed by atoms with Gasteiger partial charge in [0.2, 0.25) is 5.89 Å². The fraction of sp³-hybridized carbons (Fsp3) is 0.583. The number of rotatable bonds is 7. The maximum absolute atomic E-state index is 11.7. The Morgan fingerprint density at radius 3 is 2.84 bits per heavy atom. The number of aliphatic carboxylic acids is 1. The molecule has 7 nitrogen and oxygen atoms in total. The predicted octanol–water partition coefficient (Wildman–Crippen LogP) is 1.24. The SMILES string of the molecule is CCc1cnc(CNC(=O)N(C)CCCC(=O)O)o1. The number of carbonyl (C=O) groups is 2. The summed E-state index contributed by atoms with van der Waals surface area (Å²) in [6, 6.07) is -0.276. The zero-order valence-electron chi connectivity index (χ0n) is 11.2. The van der Waals surface area contributed by atoms with Gasteiger partial charge in [0.1, 0.15) is 5.76 Å². The monoisotopic (exact) mass is 269 g/mol. The largest absolute Gasteiger partial charge is 0.481 e. The molecule has 0 saturated heterocycles. The Balaban J connectivity index is 2.27. The van der Waals surface area contributed by atoms with Gasteiger partial charge in [-0.15, -0.1) is 0 Å². The normalized spacial score (nSPS) is 10.2. The molecule has 0 aliphatic rings. The van der Waals surface area contributed by atoms with Crippen LogP contribution in [0.25, 0.3) is 0 Å². The third-order valence-corrected chi connectivity index (χ3v) is 2.57. The molecule has 1 aromatic heterocycles. The number of carboxylic acid groups (broad SMARTS) is 1. The third kappa shape index (κ3) is 5.41. The average molecular weight is 269 g/mol. The molecule has 1 rings (SSSR count). The third-order valence-electron chi connectivity index (χ3n) is 2.57. The predicted molar refractivity (Wildman–Crippen MR) is 67.6 cm³/mol. The summed E-state index contributed by atoms with van der Waals surface area (Å²) in [4.78, 5) is 27.5. The van der Waals surface area contributed by atoms with Gasteiger partial charge in [0.15, 0.2) is 0 Å². The van der Waals surface area contributed by atoms with E-state index in [2.05, 4.69) is 10.3 Å². The molecule has 0 radical (unpaired) electrons. The van der Waals surface area contributed by atoms with Gasteiger partial charge in [0.05, 0.1) is 12.7 Å². The van der Waals surface area contributed by atoms with Crippen molar-refractivity contribution in [1.82, 2.24) is 15.2 Å². The van der Waals surface area contributed by atoms with Crippen molar-refractivity contribution >= 4 is 12.0 Å². The van der Waals surface area contributed by atoms with Gasteiger partial charge >= 0.3 is 12.0 Å². The molecular formula is C12H19N3O4. The topological polar surface area (TPSA) is 95.7 Å². The van der Waals surface area contributed by atoms with Crippen LogP contribution in [-0.4, -0.2) is 40.6 Å². The highest BCUT2D eigenvalue weighted by Crippen LogP contribution is 2.03. The minimum absolute atomic E-state index is 0.0528. The lowest BCUT2D eigenvalue weighted by Crippen LogP contribution is -2.37. The van der Waals surface area contributed by atoms with Gasteiger partial charge in [0, 0.05) is 26.4 Å². The molecule has 1 aromatic rings. The first-order chi connectivity index (χ1) is 9.02. The number of aromatic nitrogens is 1. The standard InChI is InChI=1S/C12H19N3O4/c1-3-9-7-13-10(19-9)8-14-12(18)15(2)6-4-5-11(16)17/h7H,3-6,8H2,1-2H3,(H,14,18)(H,16,17). The van der Waals surface area contributed by atoms with Crippen LogP contribution >= 0.6 is 0 Å². The van der Waals surface area contributed by atoms with Gasteiger partial charge in [-0.1, -0.05) is 6.92 Å². The van der Waals surface area contributed by atoms with E-state index in [0.29, 0.717) is 18.9 Å². The van der Waals surface area contributed by atoms with Crippen LogP contribution in [-0.2, 0) is 17.8 Å². The number of carboxylic acids is 1. The summed E-state index contributed by atoms with van der Waals surface area (Å²) in [5.41, 5.74) is 0. The minimum atomic E-state index is -0.860. The Labute approximate surface area is 111 Å². The lowest BCUT2D eigenvalue weighted by Gasteiger charge is -2.16.